The van der Waals surface area contributed by atoms with Crippen molar-refractivity contribution in [2.75, 3.05) is 7.11 Å². The van der Waals surface area contributed by atoms with Crippen LogP contribution < -0.4 is 14.8 Å². The summed E-state index contributed by atoms with van der Waals surface area (Å²) in [4.78, 5) is 37.7. The van der Waals surface area contributed by atoms with Gasteiger partial charge in [0.15, 0.2) is 11.5 Å². The Balaban J connectivity index is 1.53. The molecule has 9 heteroatoms. The number of aromatic carboxylic acids is 1. The second-order valence-corrected chi connectivity index (χ2v) is 9.05. The van der Waals surface area contributed by atoms with E-state index in [2.05, 4.69) is 21.2 Å². The van der Waals surface area contributed by atoms with Gasteiger partial charge in [-0.15, -0.1) is 0 Å². The molecule has 3 amide bonds. The van der Waals surface area contributed by atoms with Crippen molar-refractivity contribution in [3.05, 3.63) is 98.7 Å². The minimum absolute atomic E-state index is 0.124. The van der Waals surface area contributed by atoms with Crippen LogP contribution in [0.25, 0.3) is 6.08 Å². The molecule has 0 aliphatic carbocycles. The van der Waals surface area contributed by atoms with Crippen molar-refractivity contribution in [1.82, 2.24) is 10.2 Å². The number of methoxy groups -OCH3 is 1. The third-order valence-corrected chi connectivity index (χ3v) is 6.09. The number of aryl methyl sites for hydroxylation is 1. The second kappa shape index (κ2) is 10.7. The van der Waals surface area contributed by atoms with E-state index in [4.69, 9.17) is 9.47 Å². The average Bonchev–Trinajstić information content (AvgIpc) is 3.10. The molecule has 8 nitrogen and oxygen atoms in total. The highest BCUT2D eigenvalue weighted by Crippen LogP contribution is 2.38. The average molecular weight is 551 g/mol. The topological polar surface area (TPSA) is 105 Å². The number of carbonyl (C=O) groups excluding carboxylic acids is 2. The Morgan fingerprint density at radius 1 is 1.08 bits per heavy atom. The number of urea groups is 1. The van der Waals surface area contributed by atoms with Gasteiger partial charge in [0, 0.05) is 0 Å². The zero-order valence-corrected chi connectivity index (χ0v) is 21.2. The molecular formula is C27H23BrN2O6. The van der Waals surface area contributed by atoms with Gasteiger partial charge < -0.3 is 19.9 Å². The first kappa shape index (κ1) is 25.0. The van der Waals surface area contributed by atoms with Gasteiger partial charge in [-0.25, -0.2) is 9.59 Å². The third-order valence-electron chi connectivity index (χ3n) is 5.51. The van der Waals surface area contributed by atoms with Crippen molar-refractivity contribution in [1.29, 1.82) is 0 Å². The Hall–Kier alpha value is -4.11. The quantitative estimate of drug-likeness (QED) is 0.297. The van der Waals surface area contributed by atoms with E-state index in [0.717, 1.165) is 16.0 Å². The number of hydrogen-bond donors (Lipinski definition) is 2. The summed E-state index contributed by atoms with van der Waals surface area (Å²) in [6.07, 6.45) is 1.57. The Bertz CT molecular complexity index is 1380. The summed E-state index contributed by atoms with van der Waals surface area (Å²) in [5.41, 5.74) is 3.52. The van der Waals surface area contributed by atoms with Crippen molar-refractivity contribution < 1.29 is 29.0 Å². The number of nitrogens with one attached hydrogen (secondary N) is 1. The second-order valence-electron chi connectivity index (χ2n) is 8.20. The van der Waals surface area contributed by atoms with Crippen molar-refractivity contribution in [3.8, 4) is 11.5 Å². The van der Waals surface area contributed by atoms with Crippen molar-refractivity contribution >= 4 is 39.9 Å². The molecule has 4 rings (SSSR count). The molecular weight excluding hydrogens is 528 g/mol. The smallest absolute Gasteiger partial charge is 0.335 e. The van der Waals surface area contributed by atoms with Gasteiger partial charge in [-0.2, -0.15) is 0 Å². The number of hydrogen-bond acceptors (Lipinski definition) is 5. The van der Waals surface area contributed by atoms with Crippen LogP contribution in [0.5, 0.6) is 11.5 Å². The Kier molecular flexibility index (Phi) is 7.40. The summed E-state index contributed by atoms with van der Waals surface area (Å²) >= 11 is 3.48. The molecule has 0 atom stereocenters. The van der Waals surface area contributed by atoms with E-state index < -0.39 is 17.9 Å². The van der Waals surface area contributed by atoms with E-state index in [1.54, 1.807) is 36.4 Å². The fourth-order valence-electron chi connectivity index (χ4n) is 3.79. The van der Waals surface area contributed by atoms with Crippen LogP contribution in [0.15, 0.2) is 70.8 Å². The van der Waals surface area contributed by atoms with Gasteiger partial charge in [-0.1, -0.05) is 42.0 Å². The van der Waals surface area contributed by atoms with Gasteiger partial charge in [0.25, 0.3) is 5.91 Å². The predicted molar refractivity (Wildman–Crippen MR) is 137 cm³/mol. The SMILES string of the molecule is COc1cc(/C=C2/NC(=O)N(Cc3cccc(C)c3)C2=O)cc(Br)c1OCc1cccc(C(=O)O)c1. The molecule has 0 saturated carbocycles. The van der Waals surface area contributed by atoms with E-state index in [1.807, 2.05) is 31.2 Å². The third kappa shape index (κ3) is 5.58. The first-order chi connectivity index (χ1) is 17.2. The molecule has 1 heterocycles. The van der Waals surface area contributed by atoms with Crippen LogP contribution in [0.2, 0.25) is 0 Å². The fraction of sp³-hybridized carbons (Fsp3) is 0.148. The van der Waals surface area contributed by atoms with Crippen LogP contribution in [0.1, 0.15) is 32.6 Å². The lowest BCUT2D eigenvalue weighted by Crippen LogP contribution is -2.30. The molecule has 0 radical (unpaired) electrons. The lowest BCUT2D eigenvalue weighted by atomic mass is 10.1. The van der Waals surface area contributed by atoms with Gasteiger partial charge in [-0.05, 0) is 69.9 Å². The number of halogens is 1. The van der Waals surface area contributed by atoms with Gasteiger partial charge >= 0.3 is 12.0 Å². The lowest BCUT2D eigenvalue weighted by molar-refractivity contribution is -0.123. The molecule has 0 spiro atoms. The van der Waals surface area contributed by atoms with E-state index in [-0.39, 0.29) is 24.4 Å². The molecule has 36 heavy (non-hydrogen) atoms. The van der Waals surface area contributed by atoms with Crippen molar-refractivity contribution in [3.63, 3.8) is 0 Å². The normalized spacial score (nSPS) is 14.2. The number of ether oxygens (including phenoxy) is 2. The minimum Gasteiger partial charge on any atom is -0.493 e. The summed E-state index contributed by atoms with van der Waals surface area (Å²) in [7, 11) is 1.49. The molecule has 1 aliphatic rings. The fourth-order valence-corrected chi connectivity index (χ4v) is 4.36. The molecule has 1 fully saturated rings. The maximum atomic E-state index is 12.9. The number of carbonyl (C=O) groups is 3. The van der Waals surface area contributed by atoms with Gasteiger partial charge in [0.1, 0.15) is 12.3 Å². The number of imide groups is 1. The maximum Gasteiger partial charge on any atom is 0.335 e. The first-order valence-electron chi connectivity index (χ1n) is 11.0. The molecule has 0 bridgehead atoms. The number of carboxylic acid groups (broad SMARTS) is 1. The zero-order chi connectivity index (χ0) is 25.8. The van der Waals surface area contributed by atoms with Gasteiger partial charge in [-0.3, -0.25) is 9.69 Å². The standard InChI is InChI=1S/C27H23BrN2O6/c1-16-5-3-6-17(9-16)14-30-25(31)22(29-27(30)34)12-19-11-21(28)24(23(13-19)35-2)36-15-18-7-4-8-20(10-18)26(32)33/h3-13H,14-15H2,1-2H3,(H,29,34)(H,32,33)/b22-12+. The molecule has 3 aromatic rings. The van der Waals surface area contributed by atoms with Crippen LogP contribution in [-0.2, 0) is 17.9 Å². The number of carboxylic acids is 1. The minimum atomic E-state index is -1.01. The van der Waals surface area contributed by atoms with Crippen LogP contribution in [0.4, 0.5) is 4.79 Å². The van der Waals surface area contributed by atoms with Crippen LogP contribution in [-0.4, -0.2) is 35.0 Å². The number of nitrogens with zero attached hydrogens (tertiary/aromatic N) is 1. The van der Waals surface area contributed by atoms with Gasteiger partial charge in [0.05, 0.1) is 23.7 Å². The van der Waals surface area contributed by atoms with Crippen LogP contribution in [0, 0.1) is 6.92 Å². The molecule has 3 aromatic carbocycles. The van der Waals surface area contributed by atoms with Gasteiger partial charge in [0.2, 0.25) is 0 Å². The Morgan fingerprint density at radius 2 is 1.83 bits per heavy atom. The van der Waals surface area contributed by atoms with Crippen LogP contribution in [0.3, 0.4) is 0 Å². The number of rotatable bonds is 8. The Labute approximate surface area is 216 Å². The summed E-state index contributed by atoms with van der Waals surface area (Å²) in [5, 5.41) is 11.8. The highest BCUT2D eigenvalue weighted by atomic mass is 79.9. The molecule has 0 aromatic heterocycles. The molecule has 0 unspecified atom stereocenters. The number of benzene rings is 3. The summed E-state index contributed by atoms with van der Waals surface area (Å²) in [5.74, 6) is -0.614. The molecule has 184 valence electrons. The zero-order valence-electron chi connectivity index (χ0n) is 19.6. The first-order valence-corrected chi connectivity index (χ1v) is 11.8. The van der Waals surface area contributed by atoms with E-state index in [9.17, 15) is 19.5 Å². The van der Waals surface area contributed by atoms with E-state index >= 15 is 0 Å². The Morgan fingerprint density at radius 3 is 2.56 bits per heavy atom. The van der Waals surface area contributed by atoms with Crippen molar-refractivity contribution in [2.45, 2.75) is 20.1 Å². The van der Waals surface area contributed by atoms with E-state index in [1.165, 1.54) is 13.2 Å². The highest BCUT2D eigenvalue weighted by molar-refractivity contribution is 9.10. The molecule has 2 N–H and O–H groups in total. The predicted octanol–water partition coefficient (Wildman–Crippen LogP) is 5.14. The van der Waals surface area contributed by atoms with E-state index in [0.29, 0.717) is 27.1 Å². The van der Waals surface area contributed by atoms with Crippen LogP contribution >= 0.6 is 15.9 Å². The summed E-state index contributed by atoms with van der Waals surface area (Å²) < 4.78 is 12.0. The molecule has 1 aliphatic heterocycles. The summed E-state index contributed by atoms with van der Waals surface area (Å²) in [6, 6.07) is 17.0. The lowest BCUT2D eigenvalue weighted by Gasteiger charge is -2.14. The monoisotopic (exact) mass is 550 g/mol. The highest BCUT2D eigenvalue weighted by Gasteiger charge is 2.33. The summed E-state index contributed by atoms with van der Waals surface area (Å²) in [6.45, 7) is 2.25. The maximum absolute atomic E-state index is 12.9. The molecule has 1 saturated heterocycles. The largest absolute Gasteiger partial charge is 0.493 e. The number of amides is 3. The van der Waals surface area contributed by atoms with Crippen molar-refractivity contribution in [2.24, 2.45) is 0 Å².